The van der Waals surface area contributed by atoms with E-state index in [2.05, 4.69) is 10.3 Å². The van der Waals surface area contributed by atoms with Gasteiger partial charge in [-0.1, -0.05) is 18.2 Å². The summed E-state index contributed by atoms with van der Waals surface area (Å²) in [6.07, 6.45) is 2.01. The van der Waals surface area contributed by atoms with Crippen LogP contribution in [0, 0.1) is 12.7 Å². The monoisotopic (exact) mass is 473 g/mol. The Morgan fingerprint density at radius 3 is 2.77 bits per heavy atom. The number of ether oxygens (including phenoxy) is 2. The molecular weight excluding hydrogens is 449 g/mol. The van der Waals surface area contributed by atoms with Gasteiger partial charge in [0.2, 0.25) is 0 Å². The maximum atomic E-state index is 14.7. The molecule has 0 aliphatic carbocycles. The van der Waals surface area contributed by atoms with Crippen molar-refractivity contribution in [2.24, 2.45) is 7.05 Å². The van der Waals surface area contributed by atoms with Gasteiger partial charge in [-0.3, -0.25) is 9.78 Å². The third-order valence-corrected chi connectivity index (χ3v) is 6.60. The van der Waals surface area contributed by atoms with E-state index in [-0.39, 0.29) is 11.7 Å². The number of nitrogens with zero attached hydrogens (tertiary/aromatic N) is 2. The molecule has 4 aromatic rings. The number of aromatic nitrogens is 2. The number of hydrogen-bond donors (Lipinski definition) is 1. The van der Waals surface area contributed by atoms with Gasteiger partial charge in [-0.25, -0.2) is 9.18 Å². The Labute approximate surface area is 201 Å². The lowest BCUT2D eigenvalue weighted by Gasteiger charge is -2.39. The number of halogens is 1. The van der Waals surface area contributed by atoms with Crippen LogP contribution in [0.5, 0.6) is 5.75 Å². The third-order valence-electron chi connectivity index (χ3n) is 6.60. The van der Waals surface area contributed by atoms with Gasteiger partial charge in [0.05, 0.1) is 13.7 Å². The smallest absolute Gasteiger partial charge is 0.354 e. The molecule has 2 aromatic heterocycles. The van der Waals surface area contributed by atoms with Crippen LogP contribution in [0.3, 0.4) is 0 Å². The van der Waals surface area contributed by atoms with Crippen molar-refractivity contribution in [1.29, 1.82) is 0 Å². The maximum absolute atomic E-state index is 14.7. The molecule has 35 heavy (non-hydrogen) atoms. The molecule has 3 heterocycles. The number of esters is 1. The molecule has 0 bridgehead atoms. The highest BCUT2D eigenvalue weighted by atomic mass is 19.1. The van der Waals surface area contributed by atoms with E-state index in [1.165, 1.54) is 13.2 Å². The predicted molar refractivity (Wildman–Crippen MR) is 128 cm³/mol. The lowest BCUT2D eigenvalue weighted by molar-refractivity contribution is 0.0590. The Bertz CT molecular complexity index is 1480. The van der Waals surface area contributed by atoms with Crippen LogP contribution >= 0.6 is 0 Å². The topological polar surface area (TPSA) is 82.5 Å². The molecule has 0 saturated carbocycles. The van der Waals surface area contributed by atoms with Crippen LogP contribution in [0.4, 0.5) is 4.39 Å². The first kappa shape index (κ1) is 22.6. The minimum atomic E-state index is -1.08. The molecule has 1 N–H and O–H groups in total. The fourth-order valence-corrected chi connectivity index (χ4v) is 4.63. The first-order chi connectivity index (χ1) is 16.8. The minimum absolute atomic E-state index is 0.327. The molecule has 0 spiro atoms. The molecule has 0 radical (unpaired) electrons. The number of amides is 1. The zero-order chi connectivity index (χ0) is 24.7. The fraction of sp³-hybridized carbons (Fsp3) is 0.222. The molecule has 5 rings (SSSR count). The van der Waals surface area contributed by atoms with E-state index in [9.17, 15) is 14.0 Å². The zero-order valence-corrected chi connectivity index (χ0v) is 19.6. The molecule has 1 atom stereocenters. The van der Waals surface area contributed by atoms with Crippen LogP contribution < -0.4 is 10.1 Å². The molecule has 1 aliphatic rings. The number of pyridine rings is 1. The van der Waals surface area contributed by atoms with E-state index in [0.717, 1.165) is 5.39 Å². The van der Waals surface area contributed by atoms with Crippen LogP contribution in [0.2, 0.25) is 0 Å². The van der Waals surface area contributed by atoms with Crippen LogP contribution in [-0.2, 0) is 17.3 Å². The summed E-state index contributed by atoms with van der Waals surface area (Å²) in [4.78, 5) is 30.2. The number of carbonyl (C=O) groups is 2. The van der Waals surface area contributed by atoms with E-state index in [4.69, 9.17) is 9.47 Å². The molecule has 1 aliphatic heterocycles. The Kier molecular flexibility index (Phi) is 5.51. The molecule has 7 nitrogen and oxygen atoms in total. The van der Waals surface area contributed by atoms with Crippen molar-refractivity contribution in [1.82, 2.24) is 14.9 Å². The van der Waals surface area contributed by atoms with Crippen LogP contribution in [0.25, 0.3) is 10.9 Å². The van der Waals surface area contributed by atoms with Crippen molar-refractivity contribution in [3.63, 3.8) is 0 Å². The van der Waals surface area contributed by atoms with Crippen molar-refractivity contribution in [2.75, 3.05) is 13.7 Å². The van der Waals surface area contributed by atoms with Crippen LogP contribution in [0.1, 0.15) is 44.1 Å². The van der Waals surface area contributed by atoms with Gasteiger partial charge in [0.15, 0.2) is 0 Å². The van der Waals surface area contributed by atoms with Gasteiger partial charge in [-0.05, 0) is 54.4 Å². The molecule has 0 fully saturated rings. The van der Waals surface area contributed by atoms with E-state index in [1.54, 1.807) is 67.2 Å². The Hall–Kier alpha value is -4.20. The molecule has 0 saturated heterocycles. The average molecular weight is 474 g/mol. The van der Waals surface area contributed by atoms with Crippen molar-refractivity contribution < 1.29 is 23.5 Å². The molecule has 2 aromatic carbocycles. The quantitative estimate of drug-likeness (QED) is 0.448. The normalized spacial score (nSPS) is 16.9. The lowest BCUT2D eigenvalue weighted by Crippen LogP contribution is -2.50. The van der Waals surface area contributed by atoms with E-state index >= 15 is 0 Å². The highest BCUT2D eigenvalue weighted by Crippen LogP contribution is 2.41. The van der Waals surface area contributed by atoms with Gasteiger partial charge >= 0.3 is 5.97 Å². The summed E-state index contributed by atoms with van der Waals surface area (Å²) in [5, 5.41) is 3.95. The number of fused-ring (bicyclic) bond motifs is 2. The Balaban J connectivity index is 1.60. The molecule has 1 amide bonds. The van der Waals surface area contributed by atoms with Gasteiger partial charge in [0.25, 0.3) is 5.91 Å². The van der Waals surface area contributed by atoms with Gasteiger partial charge in [0.1, 0.15) is 28.5 Å². The Morgan fingerprint density at radius 2 is 2.00 bits per heavy atom. The summed E-state index contributed by atoms with van der Waals surface area (Å²) in [6, 6.07) is 15.4. The highest BCUT2D eigenvalue weighted by Gasteiger charge is 2.43. The van der Waals surface area contributed by atoms with Gasteiger partial charge in [-0.15, -0.1) is 0 Å². The zero-order valence-electron chi connectivity index (χ0n) is 19.6. The van der Waals surface area contributed by atoms with Gasteiger partial charge in [-0.2, -0.15) is 0 Å². The van der Waals surface area contributed by atoms with Crippen LogP contribution in [0.15, 0.2) is 60.8 Å². The standard InChI is InChI=1S/C27H24FN3O4/c1-16-6-9-19(15-20(16)28)27(10-12-35-23-5-4-11-29-24(23)27)30-25(32)18-8-7-17-13-22(26(33)34-3)31(2)21(17)14-18/h4-9,11,13-15H,10,12H2,1-3H3,(H,30,32)/t27-/m0/s1. The second-order valence-electron chi connectivity index (χ2n) is 8.63. The number of nitrogens with one attached hydrogen (secondary N) is 1. The lowest BCUT2D eigenvalue weighted by atomic mass is 9.80. The Morgan fingerprint density at radius 1 is 1.17 bits per heavy atom. The first-order valence-corrected chi connectivity index (χ1v) is 11.2. The predicted octanol–water partition coefficient (Wildman–Crippen LogP) is 4.26. The van der Waals surface area contributed by atoms with E-state index in [1.807, 2.05) is 6.07 Å². The summed E-state index contributed by atoms with van der Waals surface area (Å²) in [6.45, 7) is 2.02. The number of aryl methyl sites for hydroxylation is 2. The number of rotatable bonds is 4. The fourth-order valence-electron chi connectivity index (χ4n) is 4.63. The van der Waals surface area contributed by atoms with Crippen LogP contribution in [-0.4, -0.2) is 35.1 Å². The van der Waals surface area contributed by atoms with Gasteiger partial charge in [0, 0.05) is 36.1 Å². The number of benzene rings is 2. The summed E-state index contributed by atoms with van der Waals surface area (Å²) < 4.78 is 27.0. The van der Waals surface area contributed by atoms with E-state index in [0.29, 0.717) is 52.4 Å². The summed E-state index contributed by atoms with van der Waals surface area (Å²) >= 11 is 0. The van der Waals surface area contributed by atoms with Gasteiger partial charge < -0.3 is 19.4 Å². The molecule has 8 heteroatoms. The molecular formula is C27H24FN3O4. The summed E-state index contributed by atoms with van der Waals surface area (Å²) in [7, 11) is 3.07. The minimum Gasteiger partial charge on any atom is -0.491 e. The maximum Gasteiger partial charge on any atom is 0.354 e. The second-order valence-corrected chi connectivity index (χ2v) is 8.63. The second kappa shape index (κ2) is 8.54. The van der Waals surface area contributed by atoms with Crippen molar-refractivity contribution in [3.05, 3.63) is 94.7 Å². The van der Waals surface area contributed by atoms with Crippen molar-refractivity contribution >= 4 is 22.8 Å². The SMILES string of the molecule is COC(=O)c1cc2ccc(C(=O)N[C@]3(c4ccc(C)c(F)c4)CCOc4cccnc43)cc2n1C. The molecule has 0 unspecified atom stereocenters. The van der Waals surface area contributed by atoms with Crippen molar-refractivity contribution in [2.45, 2.75) is 18.9 Å². The van der Waals surface area contributed by atoms with E-state index < -0.39 is 11.5 Å². The summed E-state index contributed by atoms with van der Waals surface area (Å²) in [5.74, 6) is -0.631. The first-order valence-electron chi connectivity index (χ1n) is 11.2. The largest absolute Gasteiger partial charge is 0.491 e. The third kappa shape index (κ3) is 3.71. The number of hydrogen-bond acceptors (Lipinski definition) is 5. The number of methoxy groups -OCH3 is 1. The number of carbonyl (C=O) groups excluding carboxylic acids is 2. The molecule has 178 valence electrons. The highest BCUT2D eigenvalue weighted by molar-refractivity contribution is 6.01. The van der Waals surface area contributed by atoms with Crippen molar-refractivity contribution in [3.8, 4) is 5.75 Å². The summed E-state index contributed by atoms with van der Waals surface area (Å²) in [5.41, 5.74) is 2.03. The average Bonchev–Trinajstić information content (AvgIpc) is 3.21.